The summed E-state index contributed by atoms with van der Waals surface area (Å²) in [5, 5.41) is 3.70. The van der Waals surface area contributed by atoms with Gasteiger partial charge in [0.15, 0.2) is 0 Å². The van der Waals surface area contributed by atoms with Crippen LogP contribution >= 0.6 is 0 Å². The third-order valence-electron chi connectivity index (χ3n) is 6.74. The van der Waals surface area contributed by atoms with Crippen molar-refractivity contribution in [2.45, 2.75) is 85.0 Å². The van der Waals surface area contributed by atoms with Gasteiger partial charge in [-0.1, -0.05) is 94.3 Å². The lowest BCUT2D eigenvalue weighted by molar-refractivity contribution is -0.145. The topological polar surface area (TPSA) is 71.1 Å². The first-order chi connectivity index (χ1) is 19.0. The average Bonchev–Trinajstić information content (AvgIpc) is 2.94. The number of fused-ring (bicyclic) bond motifs is 2. The van der Waals surface area contributed by atoms with Gasteiger partial charge >= 0.3 is 11.9 Å². The Balaban J connectivity index is 1.68. The van der Waals surface area contributed by atoms with E-state index in [1.54, 1.807) is 0 Å². The molecule has 0 fully saturated rings. The fourth-order valence-electron chi connectivity index (χ4n) is 4.66. The zero-order valence-electron chi connectivity index (χ0n) is 23.9. The maximum atomic E-state index is 12.1. The highest BCUT2D eigenvalue weighted by atomic mass is 16.6. The number of esters is 2. The van der Waals surface area contributed by atoms with E-state index >= 15 is 0 Å². The number of rotatable bonds is 18. The Bertz CT molecular complexity index is 1200. The molecule has 3 aromatic rings. The smallest absolute Gasteiger partial charge is 0.305 e. The molecule has 0 aliphatic rings. The van der Waals surface area contributed by atoms with Crippen LogP contribution in [0.4, 0.5) is 0 Å². The monoisotopic (exact) mass is 536 g/mol. The number of unbranched alkanes of at least 4 members (excludes halogenated alkanes) is 6. The highest BCUT2D eigenvalue weighted by Crippen LogP contribution is 2.43. The molecule has 39 heavy (non-hydrogen) atoms. The van der Waals surface area contributed by atoms with Crippen LogP contribution in [0.15, 0.2) is 42.5 Å². The normalized spacial score (nSPS) is 11.1. The number of ether oxygens (including phenoxy) is 4. The van der Waals surface area contributed by atoms with E-state index in [9.17, 15) is 9.59 Å². The third-order valence-corrected chi connectivity index (χ3v) is 6.74. The van der Waals surface area contributed by atoms with Crippen LogP contribution in [0.2, 0.25) is 0 Å². The minimum Gasteiger partial charge on any atom is -0.489 e. The van der Waals surface area contributed by atoms with Gasteiger partial charge in [-0.05, 0) is 25.8 Å². The standard InChI is InChI=1S/C33H44O6/c1-4-6-8-10-16-30(34)36-20-22-38-32-26-14-12-13-15-27(26)33(29-24-25(3)18-19-28(29)32)39-23-21-37-31(35)17-11-9-7-5-2/h12-15,18-19,24H,4-11,16-17,20-23H2,1-3H3. The van der Waals surface area contributed by atoms with E-state index in [0.29, 0.717) is 12.8 Å². The molecule has 0 radical (unpaired) electrons. The minimum absolute atomic E-state index is 0.175. The van der Waals surface area contributed by atoms with Crippen LogP contribution in [0.5, 0.6) is 11.5 Å². The molecular formula is C33H44O6. The Hall–Kier alpha value is -3.28. The molecule has 0 atom stereocenters. The second-order valence-electron chi connectivity index (χ2n) is 10.0. The summed E-state index contributed by atoms with van der Waals surface area (Å²) in [5.74, 6) is 1.13. The van der Waals surface area contributed by atoms with E-state index in [1.807, 2.05) is 43.3 Å². The predicted octanol–water partition coefficient (Wildman–Crippen LogP) is 8.09. The van der Waals surface area contributed by atoms with Gasteiger partial charge in [-0.3, -0.25) is 9.59 Å². The second-order valence-corrected chi connectivity index (χ2v) is 10.0. The zero-order valence-corrected chi connectivity index (χ0v) is 23.9. The van der Waals surface area contributed by atoms with Crippen LogP contribution in [0, 0.1) is 6.92 Å². The van der Waals surface area contributed by atoms with Crippen LogP contribution in [0.1, 0.15) is 83.6 Å². The zero-order chi connectivity index (χ0) is 27.9. The lowest BCUT2D eigenvalue weighted by atomic mass is 9.99. The molecule has 6 nitrogen and oxygen atoms in total. The Labute approximate surface area is 233 Å². The second kappa shape index (κ2) is 16.6. The minimum atomic E-state index is -0.176. The molecule has 0 aliphatic heterocycles. The van der Waals surface area contributed by atoms with Crippen LogP contribution in [0.3, 0.4) is 0 Å². The van der Waals surface area contributed by atoms with Gasteiger partial charge in [0.1, 0.15) is 37.9 Å². The molecule has 0 N–H and O–H groups in total. The fourth-order valence-corrected chi connectivity index (χ4v) is 4.66. The van der Waals surface area contributed by atoms with Crippen LogP contribution in [0.25, 0.3) is 21.5 Å². The van der Waals surface area contributed by atoms with Crippen molar-refractivity contribution in [3.8, 4) is 11.5 Å². The summed E-state index contributed by atoms with van der Waals surface area (Å²) in [7, 11) is 0. The average molecular weight is 537 g/mol. The molecule has 0 aliphatic carbocycles. The highest BCUT2D eigenvalue weighted by molar-refractivity contribution is 6.11. The molecule has 3 aromatic carbocycles. The maximum absolute atomic E-state index is 12.1. The van der Waals surface area contributed by atoms with Crippen molar-refractivity contribution in [1.29, 1.82) is 0 Å². The van der Waals surface area contributed by atoms with Gasteiger partial charge in [0.05, 0.1) is 0 Å². The number of benzene rings is 3. The summed E-state index contributed by atoms with van der Waals surface area (Å²) in [6, 6.07) is 14.1. The summed E-state index contributed by atoms with van der Waals surface area (Å²) in [6.45, 7) is 7.28. The van der Waals surface area contributed by atoms with Crippen molar-refractivity contribution in [2.75, 3.05) is 26.4 Å². The van der Waals surface area contributed by atoms with Crippen molar-refractivity contribution in [3.05, 3.63) is 48.0 Å². The largest absolute Gasteiger partial charge is 0.489 e. The molecule has 6 heteroatoms. The molecule has 0 saturated carbocycles. The quantitative estimate of drug-likeness (QED) is 0.0929. The molecule has 3 rings (SSSR count). The fraction of sp³-hybridized carbons (Fsp3) is 0.515. The molecule has 0 aromatic heterocycles. The van der Waals surface area contributed by atoms with Crippen LogP contribution in [-0.2, 0) is 19.1 Å². The summed E-state index contributed by atoms with van der Waals surface area (Å²) in [4.78, 5) is 24.1. The van der Waals surface area contributed by atoms with Crippen molar-refractivity contribution < 1.29 is 28.5 Å². The number of aryl methyl sites for hydroxylation is 1. The van der Waals surface area contributed by atoms with Gasteiger partial charge < -0.3 is 18.9 Å². The van der Waals surface area contributed by atoms with Gasteiger partial charge in [0.2, 0.25) is 0 Å². The number of carbonyl (C=O) groups is 2. The molecular weight excluding hydrogens is 492 g/mol. The molecule has 212 valence electrons. The molecule has 0 amide bonds. The Morgan fingerprint density at radius 2 is 1.08 bits per heavy atom. The Kier molecular flexibility index (Phi) is 12.9. The van der Waals surface area contributed by atoms with E-state index in [1.165, 1.54) is 0 Å². The van der Waals surface area contributed by atoms with Gasteiger partial charge in [-0.25, -0.2) is 0 Å². The van der Waals surface area contributed by atoms with Gasteiger partial charge in [-0.15, -0.1) is 0 Å². The Morgan fingerprint density at radius 3 is 1.59 bits per heavy atom. The van der Waals surface area contributed by atoms with E-state index in [2.05, 4.69) is 19.9 Å². The Morgan fingerprint density at radius 1 is 0.590 bits per heavy atom. The van der Waals surface area contributed by atoms with Crippen LogP contribution in [-0.4, -0.2) is 38.4 Å². The van der Waals surface area contributed by atoms with Crippen LogP contribution < -0.4 is 9.47 Å². The lowest BCUT2D eigenvalue weighted by Crippen LogP contribution is -2.13. The number of hydrogen-bond donors (Lipinski definition) is 0. The van der Waals surface area contributed by atoms with E-state index in [-0.39, 0.29) is 38.4 Å². The first-order valence-electron chi connectivity index (χ1n) is 14.6. The maximum Gasteiger partial charge on any atom is 0.305 e. The predicted molar refractivity (Wildman–Crippen MR) is 157 cm³/mol. The molecule has 0 spiro atoms. The summed E-state index contributed by atoms with van der Waals surface area (Å²) >= 11 is 0. The van der Waals surface area contributed by atoms with Crippen molar-refractivity contribution in [1.82, 2.24) is 0 Å². The first-order valence-corrected chi connectivity index (χ1v) is 14.6. The third kappa shape index (κ3) is 9.45. The summed E-state index contributed by atoms with van der Waals surface area (Å²) in [6.07, 6.45) is 9.28. The van der Waals surface area contributed by atoms with Gasteiger partial charge in [-0.2, -0.15) is 0 Å². The number of carbonyl (C=O) groups excluding carboxylic acids is 2. The number of hydrogen-bond acceptors (Lipinski definition) is 6. The van der Waals surface area contributed by atoms with Crippen molar-refractivity contribution >= 4 is 33.5 Å². The molecule has 0 heterocycles. The summed E-state index contributed by atoms with van der Waals surface area (Å²) < 4.78 is 23.3. The van der Waals surface area contributed by atoms with Crippen molar-refractivity contribution in [2.24, 2.45) is 0 Å². The van der Waals surface area contributed by atoms with E-state index in [4.69, 9.17) is 18.9 Å². The molecule has 0 saturated heterocycles. The SMILES string of the molecule is CCCCCCC(=O)OCCOc1c2ccccc2c(OCCOC(=O)CCCCCC)c2cc(C)ccc12. The lowest BCUT2D eigenvalue weighted by Gasteiger charge is -2.18. The van der Waals surface area contributed by atoms with E-state index < -0.39 is 0 Å². The van der Waals surface area contributed by atoms with Gasteiger partial charge in [0, 0.05) is 34.4 Å². The van der Waals surface area contributed by atoms with Crippen molar-refractivity contribution in [3.63, 3.8) is 0 Å². The van der Waals surface area contributed by atoms with E-state index in [0.717, 1.165) is 90.0 Å². The molecule has 0 bridgehead atoms. The molecule has 0 unspecified atom stereocenters. The highest BCUT2D eigenvalue weighted by Gasteiger charge is 2.17. The first kappa shape index (κ1) is 30.3. The van der Waals surface area contributed by atoms with Gasteiger partial charge in [0.25, 0.3) is 0 Å². The summed E-state index contributed by atoms with van der Waals surface area (Å²) in [5.41, 5.74) is 1.10.